The lowest BCUT2D eigenvalue weighted by Crippen LogP contribution is -2.48. The second-order valence-corrected chi connectivity index (χ2v) is 7.63. The van der Waals surface area contributed by atoms with Gasteiger partial charge < -0.3 is 10.1 Å². The topological polar surface area (TPSA) is 44.8 Å². The average Bonchev–Trinajstić information content (AvgIpc) is 2.71. The quantitative estimate of drug-likeness (QED) is 0.742. The highest BCUT2D eigenvalue weighted by Gasteiger charge is 2.18. The van der Waals surface area contributed by atoms with E-state index < -0.39 is 0 Å². The number of rotatable bonds is 8. The zero-order valence-electron chi connectivity index (χ0n) is 17.4. The lowest BCUT2D eigenvalue weighted by molar-refractivity contribution is -0.117. The van der Waals surface area contributed by atoms with Gasteiger partial charge in [0.15, 0.2) is 0 Å². The minimum Gasteiger partial charge on any atom is -0.491 e. The van der Waals surface area contributed by atoms with Gasteiger partial charge in [-0.15, -0.1) is 0 Å². The fourth-order valence-electron chi connectivity index (χ4n) is 3.32. The Morgan fingerprint density at radius 1 is 1.00 bits per heavy atom. The molecule has 5 heteroatoms. The van der Waals surface area contributed by atoms with Gasteiger partial charge in [-0.2, -0.15) is 0 Å². The number of carbonyl (C=O) groups is 1. The van der Waals surface area contributed by atoms with Crippen LogP contribution < -0.4 is 10.1 Å². The highest BCUT2D eigenvalue weighted by atomic mass is 16.5. The first-order chi connectivity index (χ1) is 14.1. The largest absolute Gasteiger partial charge is 0.491 e. The molecule has 1 aliphatic rings. The number of ether oxygens (including phenoxy) is 1. The van der Waals surface area contributed by atoms with Crippen molar-refractivity contribution >= 4 is 17.7 Å². The molecule has 2 aromatic carbocycles. The summed E-state index contributed by atoms with van der Waals surface area (Å²) in [4.78, 5) is 17.0. The predicted molar refractivity (Wildman–Crippen MR) is 119 cm³/mol. The summed E-state index contributed by atoms with van der Waals surface area (Å²) in [7, 11) is 0. The second-order valence-electron chi connectivity index (χ2n) is 7.63. The number of benzene rings is 2. The van der Waals surface area contributed by atoms with Crippen molar-refractivity contribution < 1.29 is 9.53 Å². The zero-order chi connectivity index (χ0) is 20.5. The zero-order valence-corrected chi connectivity index (χ0v) is 17.4. The Morgan fingerprint density at radius 2 is 1.66 bits per heavy atom. The minimum atomic E-state index is 0.0277. The fraction of sp³-hybridized carbons (Fsp3) is 0.375. The number of amides is 1. The summed E-state index contributed by atoms with van der Waals surface area (Å²) in [6.45, 7) is 9.14. The summed E-state index contributed by atoms with van der Waals surface area (Å²) in [5.74, 6) is 0.843. The van der Waals surface area contributed by atoms with Crippen LogP contribution in [0.3, 0.4) is 0 Å². The molecule has 0 atom stereocenters. The van der Waals surface area contributed by atoms with Crippen molar-refractivity contribution in [3.8, 4) is 5.75 Å². The number of nitrogens with zero attached hydrogens (tertiary/aromatic N) is 2. The van der Waals surface area contributed by atoms with Gasteiger partial charge in [0, 0.05) is 38.4 Å². The van der Waals surface area contributed by atoms with Crippen molar-refractivity contribution in [3.63, 3.8) is 0 Å². The highest BCUT2D eigenvalue weighted by Crippen LogP contribution is 2.17. The van der Waals surface area contributed by atoms with Gasteiger partial charge in [0.25, 0.3) is 0 Å². The van der Waals surface area contributed by atoms with Gasteiger partial charge in [-0.25, -0.2) is 0 Å². The summed E-state index contributed by atoms with van der Waals surface area (Å²) in [5, 5.41) is 2.97. The van der Waals surface area contributed by atoms with Crippen LogP contribution in [0.4, 0.5) is 5.69 Å². The van der Waals surface area contributed by atoms with Crippen LogP contribution in [0, 0.1) is 0 Å². The molecule has 154 valence electrons. The highest BCUT2D eigenvalue weighted by molar-refractivity contribution is 5.92. The van der Waals surface area contributed by atoms with E-state index in [1.54, 1.807) is 0 Å². The van der Waals surface area contributed by atoms with E-state index in [4.69, 9.17) is 4.74 Å². The first-order valence-corrected chi connectivity index (χ1v) is 10.3. The van der Waals surface area contributed by atoms with Gasteiger partial charge in [-0.1, -0.05) is 42.5 Å². The SMILES string of the molecule is CC(C)Oc1ccc(NC(=O)CN2CCN(C/C=C/c3ccccc3)CC2)cc1. The molecule has 0 bridgehead atoms. The van der Waals surface area contributed by atoms with Gasteiger partial charge in [0.05, 0.1) is 12.6 Å². The summed E-state index contributed by atoms with van der Waals surface area (Å²) < 4.78 is 5.63. The van der Waals surface area contributed by atoms with Crippen LogP contribution in [0.25, 0.3) is 6.08 Å². The molecular formula is C24H31N3O2. The molecular weight excluding hydrogens is 362 g/mol. The number of carbonyl (C=O) groups excluding carboxylic acids is 1. The average molecular weight is 394 g/mol. The normalized spacial score (nSPS) is 15.7. The first kappa shape index (κ1) is 21.1. The summed E-state index contributed by atoms with van der Waals surface area (Å²) in [6.07, 6.45) is 4.52. The van der Waals surface area contributed by atoms with Gasteiger partial charge in [-0.05, 0) is 43.7 Å². The number of hydrogen-bond donors (Lipinski definition) is 1. The van der Waals surface area contributed by atoms with Crippen LogP contribution in [0.1, 0.15) is 19.4 Å². The van der Waals surface area contributed by atoms with Crippen LogP contribution >= 0.6 is 0 Å². The van der Waals surface area contributed by atoms with Crippen molar-refractivity contribution in [1.82, 2.24) is 9.80 Å². The van der Waals surface area contributed by atoms with Gasteiger partial charge in [-0.3, -0.25) is 14.6 Å². The Labute approximate surface area is 174 Å². The minimum absolute atomic E-state index is 0.0277. The maximum absolute atomic E-state index is 12.3. The molecule has 1 fully saturated rings. The van der Waals surface area contributed by atoms with Gasteiger partial charge in [0.2, 0.25) is 5.91 Å². The predicted octanol–water partition coefficient (Wildman–Crippen LogP) is 3.74. The van der Waals surface area contributed by atoms with Crippen LogP contribution in [0.5, 0.6) is 5.75 Å². The van der Waals surface area contributed by atoms with Crippen molar-refractivity contribution in [2.45, 2.75) is 20.0 Å². The Hall–Kier alpha value is -2.63. The van der Waals surface area contributed by atoms with E-state index in [1.165, 1.54) is 5.56 Å². The van der Waals surface area contributed by atoms with Crippen molar-refractivity contribution in [2.75, 3.05) is 44.6 Å². The third-order valence-corrected chi connectivity index (χ3v) is 4.82. The molecule has 1 amide bonds. The van der Waals surface area contributed by atoms with E-state index in [1.807, 2.05) is 44.2 Å². The lowest BCUT2D eigenvalue weighted by Gasteiger charge is -2.33. The molecule has 0 aliphatic carbocycles. The van der Waals surface area contributed by atoms with E-state index in [-0.39, 0.29) is 12.0 Å². The maximum atomic E-state index is 12.3. The lowest BCUT2D eigenvalue weighted by atomic mass is 10.2. The molecule has 0 spiro atoms. The fourth-order valence-corrected chi connectivity index (χ4v) is 3.32. The maximum Gasteiger partial charge on any atom is 0.238 e. The Balaban J connectivity index is 1.36. The number of piperazine rings is 1. The van der Waals surface area contributed by atoms with E-state index in [2.05, 4.69) is 51.5 Å². The first-order valence-electron chi connectivity index (χ1n) is 10.3. The van der Waals surface area contributed by atoms with Crippen LogP contribution in [0.15, 0.2) is 60.7 Å². The Morgan fingerprint density at radius 3 is 2.31 bits per heavy atom. The Bertz CT molecular complexity index is 780. The van der Waals surface area contributed by atoms with E-state index in [0.717, 1.165) is 44.2 Å². The Kier molecular flexibility index (Phi) is 7.85. The van der Waals surface area contributed by atoms with Crippen molar-refractivity contribution in [2.24, 2.45) is 0 Å². The molecule has 1 saturated heterocycles. The van der Waals surface area contributed by atoms with Crippen molar-refractivity contribution in [3.05, 3.63) is 66.2 Å². The van der Waals surface area contributed by atoms with Crippen LogP contribution in [-0.4, -0.2) is 61.1 Å². The van der Waals surface area contributed by atoms with Crippen molar-refractivity contribution in [1.29, 1.82) is 0 Å². The summed E-state index contributed by atoms with van der Waals surface area (Å²) >= 11 is 0. The van der Waals surface area contributed by atoms with E-state index >= 15 is 0 Å². The summed E-state index contributed by atoms with van der Waals surface area (Å²) in [5.41, 5.74) is 2.03. The molecule has 5 nitrogen and oxygen atoms in total. The molecule has 1 N–H and O–H groups in total. The molecule has 0 aromatic heterocycles. The molecule has 3 rings (SSSR count). The van der Waals surface area contributed by atoms with Crippen LogP contribution in [-0.2, 0) is 4.79 Å². The number of nitrogens with one attached hydrogen (secondary N) is 1. The molecule has 1 heterocycles. The molecule has 0 unspecified atom stereocenters. The third kappa shape index (κ3) is 7.37. The number of hydrogen-bond acceptors (Lipinski definition) is 4. The van der Waals surface area contributed by atoms with E-state index in [9.17, 15) is 4.79 Å². The molecule has 1 aliphatic heterocycles. The van der Waals surface area contributed by atoms with Crippen LogP contribution in [0.2, 0.25) is 0 Å². The second kappa shape index (κ2) is 10.8. The van der Waals surface area contributed by atoms with E-state index in [0.29, 0.717) is 6.54 Å². The van der Waals surface area contributed by atoms with Gasteiger partial charge in [0.1, 0.15) is 5.75 Å². The monoisotopic (exact) mass is 393 g/mol. The smallest absolute Gasteiger partial charge is 0.238 e. The summed E-state index contributed by atoms with van der Waals surface area (Å²) in [6, 6.07) is 17.9. The molecule has 0 saturated carbocycles. The third-order valence-electron chi connectivity index (χ3n) is 4.82. The molecule has 29 heavy (non-hydrogen) atoms. The molecule has 0 radical (unpaired) electrons. The standard InChI is InChI=1S/C24H31N3O2/c1-20(2)29-23-12-10-22(11-13-23)25-24(28)19-27-17-15-26(16-18-27)14-6-9-21-7-4-3-5-8-21/h3-13,20H,14-19H2,1-2H3,(H,25,28)/b9-6+. The number of anilines is 1. The van der Waals surface area contributed by atoms with Gasteiger partial charge >= 0.3 is 0 Å². The molecule has 2 aromatic rings.